The van der Waals surface area contributed by atoms with Gasteiger partial charge in [0.15, 0.2) is 0 Å². The Hall–Kier alpha value is -1.86. The summed E-state index contributed by atoms with van der Waals surface area (Å²) in [6, 6.07) is 9.19. The molecule has 2 rings (SSSR count). The first-order valence-electron chi connectivity index (χ1n) is 6.15. The molecule has 0 saturated carbocycles. The van der Waals surface area contributed by atoms with Crippen molar-refractivity contribution in [3.8, 4) is 6.07 Å². The van der Waals surface area contributed by atoms with E-state index in [0.29, 0.717) is 18.5 Å². The van der Waals surface area contributed by atoms with Gasteiger partial charge in [-0.05, 0) is 30.5 Å². The standard InChI is InChI=1S/C14H16N2O2/c15-8-7-11-3-5-12(6-4-11)14(17)16-10-13-2-1-9-18-13/h3-6,13H,1-2,7,9-10H2,(H,16,17). The van der Waals surface area contributed by atoms with E-state index in [1.54, 1.807) is 12.1 Å². The maximum absolute atomic E-state index is 11.8. The zero-order valence-electron chi connectivity index (χ0n) is 10.2. The van der Waals surface area contributed by atoms with Crippen LogP contribution in [0.1, 0.15) is 28.8 Å². The van der Waals surface area contributed by atoms with Gasteiger partial charge >= 0.3 is 0 Å². The van der Waals surface area contributed by atoms with Crippen molar-refractivity contribution in [2.45, 2.75) is 25.4 Å². The van der Waals surface area contributed by atoms with Gasteiger partial charge < -0.3 is 10.1 Å². The summed E-state index contributed by atoms with van der Waals surface area (Å²) in [7, 11) is 0. The Kier molecular flexibility index (Phi) is 4.32. The Morgan fingerprint density at radius 1 is 1.44 bits per heavy atom. The molecule has 0 spiro atoms. The fraction of sp³-hybridized carbons (Fsp3) is 0.429. The molecule has 1 N–H and O–H groups in total. The first-order valence-corrected chi connectivity index (χ1v) is 6.15. The van der Waals surface area contributed by atoms with Gasteiger partial charge in [-0.1, -0.05) is 12.1 Å². The van der Waals surface area contributed by atoms with E-state index in [9.17, 15) is 4.79 Å². The van der Waals surface area contributed by atoms with Crippen molar-refractivity contribution >= 4 is 5.91 Å². The highest BCUT2D eigenvalue weighted by Gasteiger charge is 2.16. The van der Waals surface area contributed by atoms with Crippen molar-refractivity contribution < 1.29 is 9.53 Å². The van der Waals surface area contributed by atoms with E-state index < -0.39 is 0 Å². The Morgan fingerprint density at radius 2 is 2.22 bits per heavy atom. The molecule has 1 fully saturated rings. The van der Waals surface area contributed by atoms with Crippen molar-refractivity contribution in [1.29, 1.82) is 5.26 Å². The summed E-state index contributed by atoms with van der Waals surface area (Å²) in [5.41, 5.74) is 1.54. The van der Waals surface area contributed by atoms with E-state index in [1.165, 1.54) is 0 Å². The van der Waals surface area contributed by atoms with Crippen LogP contribution in [0, 0.1) is 11.3 Å². The number of carbonyl (C=O) groups is 1. The quantitative estimate of drug-likeness (QED) is 0.876. The minimum absolute atomic E-state index is 0.0889. The Morgan fingerprint density at radius 3 is 2.83 bits per heavy atom. The summed E-state index contributed by atoms with van der Waals surface area (Å²) < 4.78 is 5.44. The average Bonchev–Trinajstić information content (AvgIpc) is 2.90. The molecule has 4 nitrogen and oxygen atoms in total. The van der Waals surface area contributed by atoms with Crippen LogP contribution in [0.2, 0.25) is 0 Å². The third-order valence-electron chi connectivity index (χ3n) is 3.01. The normalized spacial score (nSPS) is 18.3. The van der Waals surface area contributed by atoms with Gasteiger partial charge in [0.1, 0.15) is 0 Å². The third-order valence-corrected chi connectivity index (χ3v) is 3.01. The van der Waals surface area contributed by atoms with Crippen molar-refractivity contribution in [3.05, 3.63) is 35.4 Å². The molecular formula is C14H16N2O2. The summed E-state index contributed by atoms with van der Waals surface area (Å²) >= 11 is 0. The first kappa shape index (κ1) is 12.6. The van der Waals surface area contributed by atoms with Gasteiger partial charge in [0.25, 0.3) is 5.91 Å². The van der Waals surface area contributed by atoms with Crippen LogP contribution in [-0.2, 0) is 11.2 Å². The van der Waals surface area contributed by atoms with Gasteiger partial charge in [-0.3, -0.25) is 4.79 Å². The lowest BCUT2D eigenvalue weighted by Crippen LogP contribution is -2.31. The zero-order valence-corrected chi connectivity index (χ0v) is 10.2. The van der Waals surface area contributed by atoms with Gasteiger partial charge in [0.05, 0.1) is 18.6 Å². The molecule has 0 radical (unpaired) electrons. The Bertz CT molecular complexity index is 442. The SMILES string of the molecule is N#CCc1ccc(C(=O)NCC2CCCO2)cc1. The highest BCUT2D eigenvalue weighted by molar-refractivity contribution is 5.94. The van der Waals surface area contributed by atoms with Crippen LogP contribution in [0.25, 0.3) is 0 Å². The minimum atomic E-state index is -0.0889. The van der Waals surface area contributed by atoms with E-state index in [4.69, 9.17) is 10.00 Å². The molecule has 1 saturated heterocycles. The Balaban J connectivity index is 1.86. The molecule has 1 aromatic carbocycles. The number of nitriles is 1. The molecule has 1 amide bonds. The number of hydrogen-bond acceptors (Lipinski definition) is 3. The molecule has 0 bridgehead atoms. The first-order chi connectivity index (χ1) is 8.79. The van der Waals surface area contributed by atoms with Gasteiger partial charge in [0, 0.05) is 18.7 Å². The lowest BCUT2D eigenvalue weighted by Gasteiger charge is -2.10. The number of carbonyl (C=O) groups excluding carboxylic acids is 1. The molecule has 0 aromatic heterocycles. The second kappa shape index (κ2) is 6.18. The van der Waals surface area contributed by atoms with Crippen molar-refractivity contribution in [2.75, 3.05) is 13.2 Å². The van der Waals surface area contributed by atoms with Crippen LogP contribution in [0.4, 0.5) is 0 Å². The molecule has 1 aromatic rings. The number of hydrogen-bond donors (Lipinski definition) is 1. The molecule has 1 aliphatic rings. The van der Waals surface area contributed by atoms with Crippen LogP contribution in [0.15, 0.2) is 24.3 Å². The number of rotatable bonds is 4. The van der Waals surface area contributed by atoms with Gasteiger partial charge in [-0.2, -0.15) is 5.26 Å². The van der Waals surface area contributed by atoms with E-state index >= 15 is 0 Å². The predicted molar refractivity (Wildman–Crippen MR) is 67.1 cm³/mol. The second-order valence-corrected chi connectivity index (χ2v) is 4.38. The topological polar surface area (TPSA) is 62.1 Å². The van der Waals surface area contributed by atoms with E-state index in [2.05, 4.69) is 11.4 Å². The van der Waals surface area contributed by atoms with E-state index in [-0.39, 0.29) is 12.0 Å². The monoisotopic (exact) mass is 244 g/mol. The number of amides is 1. The molecule has 1 atom stereocenters. The molecule has 94 valence electrons. The van der Waals surface area contributed by atoms with Crippen LogP contribution in [0.5, 0.6) is 0 Å². The third kappa shape index (κ3) is 3.31. The number of ether oxygens (including phenoxy) is 1. The summed E-state index contributed by atoms with van der Waals surface area (Å²) in [5.74, 6) is -0.0889. The maximum atomic E-state index is 11.8. The van der Waals surface area contributed by atoms with Gasteiger partial charge in [-0.25, -0.2) is 0 Å². The van der Waals surface area contributed by atoms with Crippen LogP contribution < -0.4 is 5.32 Å². The zero-order chi connectivity index (χ0) is 12.8. The fourth-order valence-electron chi connectivity index (χ4n) is 1.98. The minimum Gasteiger partial charge on any atom is -0.376 e. The summed E-state index contributed by atoms with van der Waals surface area (Å²) in [6.45, 7) is 1.36. The van der Waals surface area contributed by atoms with Crippen LogP contribution in [0.3, 0.4) is 0 Å². The highest BCUT2D eigenvalue weighted by Crippen LogP contribution is 2.11. The summed E-state index contributed by atoms with van der Waals surface area (Å²) in [5, 5.41) is 11.4. The van der Waals surface area contributed by atoms with Crippen LogP contribution >= 0.6 is 0 Å². The largest absolute Gasteiger partial charge is 0.376 e. The van der Waals surface area contributed by atoms with Crippen molar-refractivity contribution in [2.24, 2.45) is 0 Å². The number of nitrogens with zero attached hydrogens (tertiary/aromatic N) is 1. The van der Waals surface area contributed by atoms with Crippen LogP contribution in [-0.4, -0.2) is 25.2 Å². The van der Waals surface area contributed by atoms with E-state index in [1.807, 2.05) is 12.1 Å². The van der Waals surface area contributed by atoms with Gasteiger partial charge in [0.2, 0.25) is 0 Å². The number of benzene rings is 1. The van der Waals surface area contributed by atoms with E-state index in [0.717, 1.165) is 25.0 Å². The van der Waals surface area contributed by atoms with Crippen molar-refractivity contribution in [1.82, 2.24) is 5.32 Å². The molecule has 18 heavy (non-hydrogen) atoms. The molecular weight excluding hydrogens is 228 g/mol. The summed E-state index contributed by atoms with van der Waals surface area (Å²) in [4.78, 5) is 11.8. The smallest absolute Gasteiger partial charge is 0.251 e. The predicted octanol–water partition coefficient (Wildman–Crippen LogP) is 1.66. The van der Waals surface area contributed by atoms with Gasteiger partial charge in [-0.15, -0.1) is 0 Å². The number of nitrogens with one attached hydrogen (secondary N) is 1. The Labute approximate surface area is 107 Å². The molecule has 1 unspecified atom stereocenters. The molecule has 0 aliphatic carbocycles. The van der Waals surface area contributed by atoms with Crippen molar-refractivity contribution in [3.63, 3.8) is 0 Å². The average molecular weight is 244 g/mol. The maximum Gasteiger partial charge on any atom is 0.251 e. The highest BCUT2D eigenvalue weighted by atomic mass is 16.5. The molecule has 4 heteroatoms. The molecule has 1 aliphatic heterocycles. The second-order valence-electron chi connectivity index (χ2n) is 4.38. The fourth-order valence-corrected chi connectivity index (χ4v) is 1.98. The lowest BCUT2D eigenvalue weighted by atomic mass is 10.1. The lowest BCUT2D eigenvalue weighted by molar-refractivity contribution is 0.0858. The summed E-state index contributed by atoms with van der Waals surface area (Å²) in [6.07, 6.45) is 2.62. The molecule has 1 heterocycles.